The fraction of sp³-hybridized carbons (Fsp3) is 0.733. The van der Waals surface area contributed by atoms with Crippen molar-refractivity contribution in [2.45, 2.75) is 46.5 Å². The molecule has 2 rings (SSSR count). The molecule has 0 nitrogen and oxygen atoms in total. The summed E-state index contributed by atoms with van der Waals surface area (Å²) in [6, 6.07) is 0. The van der Waals surface area contributed by atoms with Gasteiger partial charge in [-0.25, -0.2) is 0 Å². The van der Waals surface area contributed by atoms with Crippen LogP contribution in [0.3, 0.4) is 0 Å². The maximum absolute atomic E-state index is 2.42. The fourth-order valence-corrected chi connectivity index (χ4v) is 3.37. The lowest BCUT2D eigenvalue weighted by atomic mass is 9.67. The predicted molar refractivity (Wildman–Crippen MR) is 66.7 cm³/mol. The first-order chi connectivity index (χ1) is 7.18. The molecule has 0 heterocycles. The van der Waals surface area contributed by atoms with Gasteiger partial charge in [-0.2, -0.15) is 0 Å². The van der Waals surface area contributed by atoms with Gasteiger partial charge in [0.1, 0.15) is 0 Å². The number of allylic oxidation sites excluding steroid dienone is 4. The third-order valence-electron chi connectivity index (χ3n) is 4.30. The van der Waals surface area contributed by atoms with E-state index in [4.69, 9.17) is 0 Å². The SMILES string of the molecule is CC(C)[C@@H]1CC[C@@H](C)C[C@H]1C1=CC=CC1. The second-order valence-electron chi connectivity index (χ2n) is 5.81. The first kappa shape index (κ1) is 11.0. The highest BCUT2D eigenvalue weighted by atomic mass is 14.4. The maximum atomic E-state index is 2.42. The summed E-state index contributed by atoms with van der Waals surface area (Å²) >= 11 is 0. The molecule has 0 amide bonds. The van der Waals surface area contributed by atoms with Gasteiger partial charge in [-0.3, -0.25) is 0 Å². The summed E-state index contributed by atoms with van der Waals surface area (Å²) in [6.07, 6.45) is 12.5. The largest absolute Gasteiger partial charge is 0.0805 e. The maximum Gasteiger partial charge on any atom is -0.0130 e. The summed E-state index contributed by atoms with van der Waals surface area (Å²) in [5.74, 6) is 3.60. The lowest BCUT2D eigenvalue weighted by Gasteiger charge is -2.38. The van der Waals surface area contributed by atoms with E-state index in [1.54, 1.807) is 5.57 Å². The van der Waals surface area contributed by atoms with Gasteiger partial charge in [0.2, 0.25) is 0 Å². The van der Waals surface area contributed by atoms with Gasteiger partial charge < -0.3 is 0 Å². The van der Waals surface area contributed by atoms with Gasteiger partial charge in [0.25, 0.3) is 0 Å². The van der Waals surface area contributed by atoms with E-state index in [1.165, 1.54) is 25.7 Å². The molecule has 2 aliphatic carbocycles. The van der Waals surface area contributed by atoms with Crippen LogP contribution in [-0.4, -0.2) is 0 Å². The van der Waals surface area contributed by atoms with Crippen molar-refractivity contribution in [2.75, 3.05) is 0 Å². The molecule has 15 heavy (non-hydrogen) atoms. The molecule has 0 bridgehead atoms. The Kier molecular flexibility index (Phi) is 3.33. The molecular weight excluding hydrogens is 180 g/mol. The average Bonchev–Trinajstić information content (AvgIpc) is 2.69. The van der Waals surface area contributed by atoms with Crippen LogP contribution in [0.25, 0.3) is 0 Å². The standard InChI is InChI=1S/C15H24/c1-11(2)14-9-8-12(3)10-15(14)13-6-4-5-7-13/h4-6,11-12,14-15H,7-10H2,1-3H3/t12-,14+,15+/m1/s1. The van der Waals surface area contributed by atoms with E-state index < -0.39 is 0 Å². The van der Waals surface area contributed by atoms with E-state index >= 15 is 0 Å². The Morgan fingerprint density at radius 3 is 2.67 bits per heavy atom. The highest BCUT2D eigenvalue weighted by Gasteiger charge is 2.32. The molecule has 0 aromatic rings. The topological polar surface area (TPSA) is 0 Å². The lowest BCUT2D eigenvalue weighted by Crippen LogP contribution is -2.28. The smallest absolute Gasteiger partial charge is 0.0130 e. The van der Waals surface area contributed by atoms with Gasteiger partial charge in [-0.1, -0.05) is 51.0 Å². The fourth-order valence-electron chi connectivity index (χ4n) is 3.37. The van der Waals surface area contributed by atoms with Crippen molar-refractivity contribution in [1.29, 1.82) is 0 Å². The van der Waals surface area contributed by atoms with Gasteiger partial charge in [-0.05, 0) is 42.9 Å². The summed E-state index contributed by atoms with van der Waals surface area (Å²) in [5.41, 5.74) is 1.71. The Labute approximate surface area is 94.5 Å². The summed E-state index contributed by atoms with van der Waals surface area (Å²) < 4.78 is 0. The minimum Gasteiger partial charge on any atom is -0.0805 e. The highest BCUT2D eigenvalue weighted by Crippen LogP contribution is 2.43. The van der Waals surface area contributed by atoms with E-state index in [0.29, 0.717) is 0 Å². The van der Waals surface area contributed by atoms with Crippen LogP contribution in [0, 0.1) is 23.7 Å². The number of rotatable bonds is 2. The molecule has 1 fully saturated rings. The first-order valence-corrected chi connectivity index (χ1v) is 6.54. The third-order valence-corrected chi connectivity index (χ3v) is 4.30. The van der Waals surface area contributed by atoms with Crippen molar-refractivity contribution < 1.29 is 0 Å². The molecule has 0 aromatic heterocycles. The van der Waals surface area contributed by atoms with Crippen LogP contribution < -0.4 is 0 Å². The Morgan fingerprint density at radius 2 is 2.07 bits per heavy atom. The second-order valence-corrected chi connectivity index (χ2v) is 5.81. The van der Waals surface area contributed by atoms with Crippen molar-refractivity contribution >= 4 is 0 Å². The van der Waals surface area contributed by atoms with Crippen molar-refractivity contribution in [2.24, 2.45) is 23.7 Å². The Bertz CT molecular complexity index is 270. The normalized spacial score (nSPS) is 36.0. The molecule has 0 aromatic carbocycles. The summed E-state index contributed by atoms with van der Waals surface area (Å²) in [7, 11) is 0. The van der Waals surface area contributed by atoms with Crippen molar-refractivity contribution in [3.8, 4) is 0 Å². The molecule has 0 unspecified atom stereocenters. The molecule has 3 atom stereocenters. The Balaban J connectivity index is 2.09. The van der Waals surface area contributed by atoms with Crippen LogP contribution in [0.2, 0.25) is 0 Å². The van der Waals surface area contributed by atoms with Crippen LogP contribution in [-0.2, 0) is 0 Å². The van der Waals surface area contributed by atoms with E-state index in [-0.39, 0.29) is 0 Å². The predicted octanol–water partition coefficient (Wildman–Crippen LogP) is 4.58. The van der Waals surface area contributed by atoms with Gasteiger partial charge >= 0.3 is 0 Å². The summed E-state index contributed by atoms with van der Waals surface area (Å²) in [4.78, 5) is 0. The third kappa shape index (κ3) is 2.35. The summed E-state index contributed by atoms with van der Waals surface area (Å²) in [6.45, 7) is 7.22. The van der Waals surface area contributed by atoms with E-state index in [9.17, 15) is 0 Å². The molecule has 0 spiro atoms. The van der Waals surface area contributed by atoms with E-state index in [2.05, 4.69) is 39.0 Å². The van der Waals surface area contributed by atoms with Gasteiger partial charge in [-0.15, -0.1) is 0 Å². The zero-order valence-corrected chi connectivity index (χ0v) is 10.4. The molecule has 0 radical (unpaired) electrons. The van der Waals surface area contributed by atoms with Crippen molar-refractivity contribution in [1.82, 2.24) is 0 Å². The van der Waals surface area contributed by atoms with Gasteiger partial charge in [0.05, 0.1) is 0 Å². The monoisotopic (exact) mass is 204 g/mol. The quantitative estimate of drug-likeness (QED) is 0.617. The molecule has 2 aliphatic rings. The highest BCUT2D eigenvalue weighted by molar-refractivity contribution is 5.26. The van der Waals surface area contributed by atoms with Crippen LogP contribution >= 0.6 is 0 Å². The van der Waals surface area contributed by atoms with Crippen LogP contribution in [0.5, 0.6) is 0 Å². The Hall–Kier alpha value is -0.520. The molecular formula is C15H24. The van der Waals surface area contributed by atoms with E-state index in [1.807, 2.05) is 0 Å². The molecule has 0 heteroatoms. The molecule has 0 aliphatic heterocycles. The van der Waals surface area contributed by atoms with Crippen LogP contribution in [0.4, 0.5) is 0 Å². The van der Waals surface area contributed by atoms with Gasteiger partial charge in [0.15, 0.2) is 0 Å². The van der Waals surface area contributed by atoms with Gasteiger partial charge in [0, 0.05) is 0 Å². The minimum absolute atomic E-state index is 0.851. The van der Waals surface area contributed by atoms with Crippen LogP contribution in [0.15, 0.2) is 23.8 Å². The molecule has 0 N–H and O–H groups in total. The lowest BCUT2D eigenvalue weighted by molar-refractivity contribution is 0.169. The van der Waals surface area contributed by atoms with Crippen LogP contribution in [0.1, 0.15) is 46.5 Å². The molecule has 84 valence electrons. The number of hydrogen-bond acceptors (Lipinski definition) is 0. The molecule has 0 saturated heterocycles. The zero-order valence-electron chi connectivity index (χ0n) is 10.4. The zero-order chi connectivity index (χ0) is 10.8. The van der Waals surface area contributed by atoms with Crippen molar-refractivity contribution in [3.63, 3.8) is 0 Å². The number of hydrogen-bond donors (Lipinski definition) is 0. The molecule has 1 saturated carbocycles. The minimum atomic E-state index is 0.851. The Morgan fingerprint density at radius 1 is 1.27 bits per heavy atom. The first-order valence-electron chi connectivity index (χ1n) is 6.54. The second kappa shape index (κ2) is 4.55. The van der Waals surface area contributed by atoms with E-state index in [0.717, 1.165) is 23.7 Å². The summed E-state index contributed by atoms with van der Waals surface area (Å²) in [5, 5.41) is 0. The van der Waals surface area contributed by atoms with Crippen molar-refractivity contribution in [3.05, 3.63) is 23.8 Å². The average molecular weight is 204 g/mol.